The first-order valence-corrected chi connectivity index (χ1v) is 7.80. The molecule has 0 unspecified atom stereocenters. The van der Waals surface area contributed by atoms with E-state index in [4.69, 9.17) is 5.11 Å². The molecule has 126 valence electrons. The molecule has 1 fully saturated rings. The smallest absolute Gasteiger partial charge is 0.335 e. The van der Waals surface area contributed by atoms with Gasteiger partial charge in [0.2, 0.25) is 0 Å². The van der Waals surface area contributed by atoms with E-state index < -0.39 is 11.6 Å². The lowest BCUT2D eigenvalue weighted by molar-refractivity contribution is -0.162. The van der Waals surface area contributed by atoms with E-state index in [-0.39, 0.29) is 31.8 Å². The van der Waals surface area contributed by atoms with Gasteiger partial charge in [-0.2, -0.15) is 5.10 Å². The van der Waals surface area contributed by atoms with Gasteiger partial charge in [-0.15, -0.1) is 0 Å². The van der Waals surface area contributed by atoms with Gasteiger partial charge >= 0.3 is 5.97 Å². The number of piperidine rings is 1. The Morgan fingerprint density at radius 3 is 2.50 bits per heavy atom. The van der Waals surface area contributed by atoms with Crippen LogP contribution in [0.15, 0.2) is 42.7 Å². The predicted molar refractivity (Wildman–Crippen MR) is 85.5 cm³/mol. The fourth-order valence-electron chi connectivity index (χ4n) is 2.90. The summed E-state index contributed by atoms with van der Waals surface area (Å²) in [5.41, 5.74) is -0.301. The summed E-state index contributed by atoms with van der Waals surface area (Å²) >= 11 is 0. The number of carboxylic acid groups (broad SMARTS) is 1. The standard InChI is InChI=1S/C17H19N3O4/c21-15(19-10-6-17(24,7-11-19)16(22)23)14-5-2-1-4-13(14)12-20-9-3-8-18-20/h1-5,8-9,24H,6-7,10-12H2,(H,22,23). The number of carbonyl (C=O) groups excluding carboxylic acids is 1. The quantitative estimate of drug-likeness (QED) is 0.872. The van der Waals surface area contributed by atoms with Crippen molar-refractivity contribution < 1.29 is 19.8 Å². The maximum atomic E-state index is 12.8. The van der Waals surface area contributed by atoms with Gasteiger partial charge in [-0.3, -0.25) is 9.48 Å². The summed E-state index contributed by atoms with van der Waals surface area (Å²) in [6, 6.07) is 9.14. The maximum absolute atomic E-state index is 12.8. The van der Waals surface area contributed by atoms with Gasteiger partial charge in [0.05, 0.1) is 6.54 Å². The molecule has 2 N–H and O–H groups in total. The Labute approximate surface area is 139 Å². The summed E-state index contributed by atoms with van der Waals surface area (Å²) in [5.74, 6) is -1.38. The van der Waals surface area contributed by atoms with E-state index in [2.05, 4.69) is 5.10 Å². The molecule has 1 saturated heterocycles. The molecule has 1 amide bonds. The van der Waals surface area contributed by atoms with Crippen molar-refractivity contribution in [3.05, 3.63) is 53.9 Å². The van der Waals surface area contributed by atoms with Crippen LogP contribution in [0.25, 0.3) is 0 Å². The molecule has 1 aliphatic rings. The molecule has 7 nitrogen and oxygen atoms in total. The second-order valence-corrected chi connectivity index (χ2v) is 5.99. The first-order valence-electron chi connectivity index (χ1n) is 7.80. The average Bonchev–Trinajstić information content (AvgIpc) is 3.08. The number of amides is 1. The number of nitrogens with zero attached hydrogens (tertiary/aromatic N) is 3. The van der Waals surface area contributed by atoms with Crippen LogP contribution in [0.2, 0.25) is 0 Å². The second kappa shape index (κ2) is 6.45. The number of benzene rings is 1. The number of carbonyl (C=O) groups is 2. The fourth-order valence-corrected chi connectivity index (χ4v) is 2.90. The number of rotatable bonds is 4. The van der Waals surface area contributed by atoms with Crippen molar-refractivity contribution in [3.63, 3.8) is 0 Å². The topological polar surface area (TPSA) is 95.7 Å². The maximum Gasteiger partial charge on any atom is 0.335 e. The summed E-state index contributed by atoms with van der Waals surface area (Å²) in [5, 5.41) is 23.2. The molecule has 7 heteroatoms. The molecular weight excluding hydrogens is 310 g/mol. The number of aromatic nitrogens is 2. The number of carboxylic acids is 1. The Morgan fingerprint density at radius 1 is 1.17 bits per heavy atom. The Kier molecular flexibility index (Phi) is 4.35. The molecular formula is C17H19N3O4. The van der Waals surface area contributed by atoms with Crippen molar-refractivity contribution in [3.8, 4) is 0 Å². The Morgan fingerprint density at radius 2 is 1.88 bits per heavy atom. The Balaban J connectivity index is 1.75. The predicted octanol–water partition coefficient (Wildman–Crippen LogP) is 0.983. The molecule has 0 saturated carbocycles. The first kappa shape index (κ1) is 16.2. The van der Waals surface area contributed by atoms with Crippen molar-refractivity contribution in [2.75, 3.05) is 13.1 Å². The van der Waals surface area contributed by atoms with Crippen LogP contribution in [0.5, 0.6) is 0 Å². The van der Waals surface area contributed by atoms with Gasteiger partial charge in [0.15, 0.2) is 5.60 Å². The molecule has 0 radical (unpaired) electrons. The molecule has 24 heavy (non-hydrogen) atoms. The highest BCUT2D eigenvalue weighted by Gasteiger charge is 2.40. The van der Waals surface area contributed by atoms with Gasteiger partial charge in [0, 0.05) is 43.9 Å². The van der Waals surface area contributed by atoms with Crippen LogP contribution in [0.1, 0.15) is 28.8 Å². The van der Waals surface area contributed by atoms with Crippen LogP contribution in [-0.2, 0) is 11.3 Å². The molecule has 1 aromatic heterocycles. The molecule has 0 atom stereocenters. The van der Waals surface area contributed by atoms with Crippen molar-refractivity contribution in [1.29, 1.82) is 0 Å². The summed E-state index contributed by atoms with van der Waals surface area (Å²) in [7, 11) is 0. The number of aliphatic carboxylic acids is 1. The van der Waals surface area contributed by atoms with Gasteiger partial charge < -0.3 is 15.1 Å². The minimum atomic E-state index is -1.73. The summed E-state index contributed by atoms with van der Waals surface area (Å²) in [6.45, 7) is 0.928. The van der Waals surface area contributed by atoms with Gasteiger partial charge in [0.25, 0.3) is 5.91 Å². The zero-order valence-electron chi connectivity index (χ0n) is 13.1. The monoisotopic (exact) mass is 329 g/mol. The van der Waals surface area contributed by atoms with Gasteiger partial charge in [-0.1, -0.05) is 18.2 Å². The summed E-state index contributed by atoms with van der Waals surface area (Å²) < 4.78 is 1.74. The van der Waals surface area contributed by atoms with Crippen LogP contribution in [-0.4, -0.2) is 55.5 Å². The normalized spacial score (nSPS) is 16.8. The average molecular weight is 329 g/mol. The minimum Gasteiger partial charge on any atom is -0.479 e. The third-order valence-electron chi connectivity index (χ3n) is 4.42. The summed E-state index contributed by atoms with van der Waals surface area (Å²) in [6.07, 6.45) is 3.59. The highest BCUT2D eigenvalue weighted by molar-refractivity contribution is 5.96. The van der Waals surface area contributed by atoms with Crippen LogP contribution in [0, 0.1) is 0 Å². The SMILES string of the molecule is O=C(c1ccccc1Cn1cccn1)N1CCC(O)(C(=O)O)CC1. The molecule has 0 aliphatic carbocycles. The van der Waals surface area contributed by atoms with Crippen molar-refractivity contribution in [1.82, 2.24) is 14.7 Å². The van der Waals surface area contributed by atoms with E-state index in [9.17, 15) is 14.7 Å². The van der Waals surface area contributed by atoms with Crippen LogP contribution >= 0.6 is 0 Å². The number of hydrogen-bond acceptors (Lipinski definition) is 4. The largest absolute Gasteiger partial charge is 0.479 e. The minimum absolute atomic E-state index is 0.0371. The zero-order chi connectivity index (χ0) is 17.2. The third-order valence-corrected chi connectivity index (χ3v) is 4.42. The van der Waals surface area contributed by atoms with Crippen LogP contribution in [0.3, 0.4) is 0 Å². The fraction of sp³-hybridized carbons (Fsp3) is 0.353. The lowest BCUT2D eigenvalue weighted by atomic mass is 9.91. The molecule has 1 aliphatic heterocycles. The zero-order valence-corrected chi connectivity index (χ0v) is 13.1. The molecule has 2 heterocycles. The molecule has 0 spiro atoms. The lowest BCUT2D eigenvalue weighted by Gasteiger charge is -2.35. The van der Waals surface area contributed by atoms with Crippen molar-refractivity contribution in [2.45, 2.75) is 25.0 Å². The second-order valence-electron chi connectivity index (χ2n) is 5.99. The van der Waals surface area contributed by atoms with E-state index in [0.717, 1.165) is 5.56 Å². The number of likely N-dealkylation sites (tertiary alicyclic amines) is 1. The number of hydrogen-bond donors (Lipinski definition) is 2. The lowest BCUT2D eigenvalue weighted by Crippen LogP contribution is -2.51. The van der Waals surface area contributed by atoms with Gasteiger partial charge in [-0.05, 0) is 17.7 Å². The highest BCUT2D eigenvalue weighted by Crippen LogP contribution is 2.24. The highest BCUT2D eigenvalue weighted by atomic mass is 16.4. The first-order chi connectivity index (χ1) is 11.5. The van der Waals surface area contributed by atoms with Gasteiger partial charge in [-0.25, -0.2) is 4.79 Å². The summed E-state index contributed by atoms with van der Waals surface area (Å²) in [4.78, 5) is 25.5. The molecule has 1 aromatic carbocycles. The number of aliphatic hydroxyl groups is 1. The molecule has 0 bridgehead atoms. The van der Waals surface area contributed by atoms with E-state index in [0.29, 0.717) is 12.1 Å². The van der Waals surface area contributed by atoms with E-state index in [1.54, 1.807) is 27.9 Å². The van der Waals surface area contributed by atoms with E-state index in [1.807, 2.05) is 24.4 Å². The van der Waals surface area contributed by atoms with Gasteiger partial charge in [0.1, 0.15) is 0 Å². The Bertz CT molecular complexity index is 734. The molecule has 2 aromatic rings. The molecule has 3 rings (SSSR count). The third kappa shape index (κ3) is 3.16. The van der Waals surface area contributed by atoms with Crippen LogP contribution < -0.4 is 0 Å². The van der Waals surface area contributed by atoms with Crippen molar-refractivity contribution in [2.24, 2.45) is 0 Å². The Hall–Kier alpha value is -2.67. The van der Waals surface area contributed by atoms with E-state index in [1.165, 1.54) is 0 Å². The van der Waals surface area contributed by atoms with Crippen LogP contribution in [0.4, 0.5) is 0 Å². The van der Waals surface area contributed by atoms with E-state index >= 15 is 0 Å². The van der Waals surface area contributed by atoms with Crippen molar-refractivity contribution >= 4 is 11.9 Å².